The molecule has 0 spiro atoms. The van der Waals surface area contributed by atoms with Gasteiger partial charge in [0.05, 0.1) is 31.2 Å². The number of methoxy groups -OCH3 is 1. The van der Waals surface area contributed by atoms with Crippen molar-refractivity contribution in [1.29, 1.82) is 5.26 Å². The smallest absolute Gasteiger partial charge is 0.289 e. The summed E-state index contributed by atoms with van der Waals surface area (Å²) >= 11 is 0. The van der Waals surface area contributed by atoms with Gasteiger partial charge in [0.2, 0.25) is 0 Å². The highest BCUT2D eigenvalue weighted by Crippen LogP contribution is 2.39. The maximum Gasteiger partial charge on any atom is 0.289 e. The molecule has 194 valence electrons. The number of rotatable bonds is 6. The van der Waals surface area contributed by atoms with Crippen LogP contribution in [-0.4, -0.2) is 48.0 Å². The van der Waals surface area contributed by atoms with Crippen LogP contribution in [0.15, 0.2) is 53.8 Å². The van der Waals surface area contributed by atoms with Crippen LogP contribution in [0.4, 0.5) is 14.5 Å². The van der Waals surface area contributed by atoms with E-state index in [1.807, 2.05) is 6.92 Å². The molecule has 9 nitrogen and oxygen atoms in total. The molecule has 5 rings (SSSR count). The van der Waals surface area contributed by atoms with E-state index in [2.05, 4.69) is 26.3 Å². The van der Waals surface area contributed by atoms with Crippen molar-refractivity contribution in [1.82, 2.24) is 9.97 Å². The Hall–Kier alpha value is -4.69. The minimum Gasteiger partial charge on any atom is -0.495 e. The van der Waals surface area contributed by atoms with Gasteiger partial charge in [-0.05, 0) is 23.8 Å². The molecular weight excluding hydrogens is 496 g/mol. The second-order valence-corrected chi connectivity index (χ2v) is 9.14. The number of benzene rings is 2. The van der Waals surface area contributed by atoms with Crippen molar-refractivity contribution < 1.29 is 28.1 Å². The van der Waals surface area contributed by atoms with Crippen molar-refractivity contribution >= 4 is 22.7 Å². The summed E-state index contributed by atoms with van der Waals surface area (Å²) in [6.45, 7) is 2.25. The van der Waals surface area contributed by atoms with Crippen LogP contribution in [0, 0.1) is 28.4 Å². The summed E-state index contributed by atoms with van der Waals surface area (Å²) in [5.41, 5.74) is 1.74. The Morgan fingerprint density at radius 1 is 1.21 bits per heavy atom. The molecule has 0 bridgehead atoms. The number of hydrogen-bond donors (Lipinski definition) is 3. The molecule has 38 heavy (non-hydrogen) atoms. The zero-order valence-electron chi connectivity index (χ0n) is 20.5. The number of hydrogen-bond acceptors (Lipinski definition) is 8. The lowest BCUT2D eigenvalue weighted by Gasteiger charge is -2.30. The number of fused-ring (bicyclic) bond motifs is 1. The molecule has 0 saturated carbocycles. The summed E-state index contributed by atoms with van der Waals surface area (Å²) in [7, 11) is 1.47. The first kappa shape index (κ1) is 25.0. The normalized spacial score (nSPS) is 16.9. The fourth-order valence-electron chi connectivity index (χ4n) is 4.02. The van der Waals surface area contributed by atoms with E-state index in [-0.39, 0.29) is 30.7 Å². The van der Waals surface area contributed by atoms with E-state index >= 15 is 8.78 Å². The summed E-state index contributed by atoms with van der Waals surface area (Å²) in [6.07, 6.45) is 3.15. The maximum atomic E-state index is 15.1. The molecule has 1 unspecified atom stereocenters. The highest BCUT2D eigenvalue weighted by molar-refractivity contribution is 5.98. The summed E-state index contributed by atoms with van der Waals surface area (Å²) in [4.78, 5) is 11.5. The molecule has 0 fully saturated rings. The van der Waals surface area contributed by atoms with Crippen molar-refractivity contribution in [3.63, 3.8) is 0 Å². The van der Waals surface area contributed by atoms with E-state index in [1.165, 1.54) is 19.4 Å². The van der Waals surface area contributed by atoms with Gasteiger partial charge in [0.1, 0.15) is 29.8 Å². The molecule has 0 saturated heterocycles. The lowest BCUT2D eigenvalue weighted by molar-refractivity contribution is 0.0706. The van der Waals surface area contributed by atoms with Crippen LogP contribution in [-0.2, 0) is 4.74 Å². The van der Waals surface area contributed by atoms with Gasteiger partial charge in [-0.2, -0.15) is 5.26 Å². The average molecular weight is 520 g/mol. The zero-order valence-corrected chi connectivity index (χ0v) is 20.5. The van der Waals surface area contributed by atoms with Crippen LogP contribution in [0.1, 0.15) is 12.5 Å². The van der Waals surface area contributed by atoms with Gasteiger partial charge in [-0.3, -0.25) is 0 Å². The van der Waals surface area contributed by atoms with Gasteiger partial charge in [-0.25, -0.2) is 18.8 Å². The largest absolute Gasteiger partial charge is 0.495 e. The first-order valence-corrected chi connectivity index (χ1v) is 11.6. The van der Waals surface area contributed by atoms with Gasteiger partial charge in [0.25, 0.3) is 6.02 Å². The number of amidine groups is 1. The molecule has 0 amide bonds. The highest BCUT2D eigenvalue weighted by Gasteiger charge is 2.29. The lowest BCUT2D eigenvalue weighted by atomic mass is 9.93. The Labute approximate surface area is 216 Å². The monoisotopic (exact) mass is 519 g/mol. The predicted molar refractivity (Wildman–Crippen MR) is 136 cm³/mol. The number of halogens is 2. The Morgan fingerprint density at radius 2 is 2.00 bits per heavy atom. The van der Waals surface area contributed by atoms with Crippen molar-refractivity contribution in [3.8, 4) is 34.4 Å². The van der Waals surface area contributed by atoms with E-state index in [4.69, 9.17) is 14.2 Å². The van der Waals surface area contributed by atoms with Crippen LogP contribution in [0.25, 0.3) is 22.2 Å². The van der Waals surface area contributed by atoms with Gasteiger partial charge in [0, 0.05) is 41.2 Å². The van der Waals surface area contributed by atoms with Crippen LogP contribution in [0.2, 0.25) is 0 Å². The van der Waals surface area contributed by atoms with Gasteiger partial charge in [-0.15, -0.1) is 0 Å². The first-order valence-electron chi connectivity index (χ1n) is 11.6. The molecule has 11 heteroatoms. The minimum absolute atomic E-state index is 0.0885. The number of aliphatic imine (C=N–C) groups is 1. The second-order valence-electron chi connectivity index (χ2n) is 9.14. The number of nitriles is 1. The number of ether oxygens (including phenoxy) is 3. The topological polar surface area (TPSA) is 125 Å². The fraction of sp³-hybridized carbons (Fsp3) is 0.222. The minimum atomic E-state index is -0.939. The third kappa shape index (κ3) is 4.69. The molecule has 1 aliphatic rings. The maximum absolute atomic E-state index is 15.1. The average Bonchev–Trinajstić information content (AvgIpc) is 3.37. The third-order valence-electron chi connectivity index (χ3n) is 6.17. The van der Waals surface area contributed by atoms with Crippen LogP contribution in [0.3, 0.4) is 0 Å². The number of aromatic nitrogens is 2. The predicted octanol–water partition coefficient (Wildman–Crippen LogP) is 4.98. The third-order valence-corrected chi connectivity index (χ3v) is 6.17. The highest BCUT2D eigenvalue weighted by atomic mass is 19.1. The molecule has 3 N–H and O–H groups in total. The Kier molecular flexibility index (Phi) is 6.57. The van der Waals surface area contributed by atoms with Crippen molar-refractivity contribution in [2.24, 2.45) is 10.4 Å². The van der Waals surface area contributed by atoms with Crippen molar-refractivity contribution in [2.45, 2.75) is 6.92 Å². The number of nitrogens with one attached hydrogen (secondary N) is 2. The van der Waals surface area contributed by atoms with Crippen LogP contribution < -0.4 is 14.8 Å². The Morgan fingerprint density at radius 3 is 2.66 bits per heavy atom. The van der Waals surface area contributed by atoms with Crippen LogP contribution in [0.5, 0.6) is 17.2 Å². The van der Waals surface area contributed by atoms with Crippen LogP contribution >= 0.6 is 0 Å². The SMILES string of the molecule is COc1cc(-c2c[nH]c3nccc(Oc4c(F)cc(NC5=NCC(C)(CO)CO5)cc4F)c23)ccc1C#N. The zero-order chi connectivity index (χ0) is 26.9. The number of pyridine rings is 1. The molecule has 0 radical (unpaired) electrons. The van der Waals surface area contributed by atoms with Gasteiger partial charge >= 0.3 is 0 Å². The second kappa shape index (κ2) is 9.99. The van der Waals surface area contributed by atoms with E-state index in [0.717, 1.165) is 12.1 Å². The van der Waals surface area contributed by atoms with Crippen molar-refractivity contribution in [2.75, 3.05) is 32.2 Å². The summed E-state index contributed by atoms with van der Waals surface area (Å²) < 4.78 is 46.7. The summed E-state index contributed by atoms with van der Waals surface area (Å²) in [5.74, 6) is -1.90. The Balaban J connectivity index is 1.46. The molecule has 2 aromatic carbocycles. The number of aliphatic hydroxyl groups is 1. The molecule has 3 heterocycles. The van der Waals surface area contributed by atoms with Crippen molar-refractivity contribution in [3.05, 3.63) is 66.0 Å². The number of H-pyrrole nitrogens is 1. The van der Waals surface area contributed by atoms with E-state index in [9.17, 15) is 10.4 Å². The van der Waals surface area contributed by atoms with E-state index < -0.39 is 22.8 Å². The van der Waals surface area contributed by atoms with Gasteiger partial charge < -0.3 is 29.6 Å². The number of aromatic amines is 1. The summed E-state index contributed by atoms with van der Waals surface area (Å²) in [6, 6.07) is 10.9. The standard InChI is InChI=1S/C27H23F2N5O4/c1-27(13-35)12-33-26(37-14-27)34-17-8-19(28)24(20(29)9-17)38-21-5-6-31-25-23(21)18(11-32-25)15-3-4-16(10-30)22(7-15)36-2/h3-9,11,35H,12-14H2,1-2H3,(H,31,32)(H,33,34). The summed E-state index contributed by atoms with van der Waals surface area (Å²) in [5, 5.41) is 22.0. The van der Waals surface area contributed by atoms with E-state index in [1.54, 1.807) is 24.4 Å². The number of aliphatic hydroxyl groups excluding tert-OH is 1. The molecule has 1 aliphatic heterocycles. The number of nitrogens with zero attached hydrogens (tertiary/aromatic N) is 3. The molecular formula is C27H23F2N5O4. The first-order chi connectivity index (χ1) is 18.3. The van der Waals surface area contributed by atoms with Gasteiger partial charge in [0.15, 0.2) is 17.4 Å². The molecule has 0 aliphatic carbocycles. The fourth-order valence-corrected chi connectivity index (χ4v) is 4.02. The number of anilines is 1. The Bertz CT molecular complexity index is 1570. The molecule has 2 aromatic heterocycles. The quantitative estimate of drug-likeness (QED) is 0.328. The molecule has 1 atom stereocenters. The van der Waals surface area contributed by atoms with E-state index in [0.29, 0.717) is 40.0 Å². The molecule has 4 aromatic rings. The van der Waals surface area contributed by atoms with Gasteiger partial charge in [-0.1, -0.05) is 13.0 Å². The lowest BCUT2D eigenvalue weighted by Crippen LogP contribution is -2.38.